The average molecular weight is 434 g/mol. The van der Waals surface area contributed by atoms with E-state index in [2.05, 4.69) is 35.9 Å². The Balaban J connectivity index is 1.89. The Morgan fingerprint density at radius 3 is 2.65 bits per heavy atom. The molecule has 4 rings (SSSR count). The van der Waals surface area contributed by atoms with Crippen molar-refractivity contribution >= 4 is 23.0 Å². The van der Waals surface area contributed by atoms with Crippen LogP contribution in [0.4, 0.5) is 0 Å². The van der Waals surface area contributed by atoms with Crippen molar-refractivity contribution < 1.29 is 9.90 Å². The van der Waals surface area contributed by atoms with Gasteiger partial charge in [-0.2, -0.15) is 0 Å². The molecule has 3 heterocycles. The predicted molar refractivity (Wildman–Crippen MR) is 121 cm³/mol. The number of thiophene rings is 1. The largest absolute Gasteiger partial charge is 0.481 e. The Hall–Kier alpha value is -3.28. The zero-order chi connectivity index (χ0) is 22.1. The van der Waals surface area contributed by atoms with Crippen LogP contribution in [0.25, 0.3) is 5.00 Å². The number of benzene rings is 1. The number of hydrogen-bond donors (Lipinski definition) is 2. The van der Waals surface area contributed by atoms with Crippen LogP contribution in [0.1, 0.15) is 57.7 Å². The van der Waals surface area contributed by atoms with Crippen LogP contribution in [0.15, 0.2) is 29.3 Å². The molecule has 0 saturated carbocycles. The first-order valence-corrected chi connectivity index (χ1v) is 10.8. The molecule has 31 heavy (non-hydrogen) atoms. The highest BCUT2D eigenvalue weighted by molar-refractivity contribution is 7.15. The van der Waals surface area contributed by atoms with Crippen molar-refractivity contribution in [3.05, 3.63) is 63.0 Å². The zero-order valence-electron chi connectivity index (χ0n) is 17.6. The maximum atomic E-state index is 11.6. The van der Waals surface area contributed by atoms with Crippen molar-refractivity contribution in [3.8, 4) is 16.8 Å². The van der Waals surface area contributed by atoms with Crippen LogP contribution in [0.5, 0.6) is 0 Å². The van der Waals surface area contributed by atoms with E-state index in [4.69, 9.17) is 10.7 Å². The molecule has 1 unspecified atom stereocenters. The topological polar surface area (TPSA) is 106 Å². The molecule has 0 saturated heterocycles. The van der Waals surface area contributed by atoms with E-state index < -0.39 is 12.0 Å². The predicted octanol–water partition coefficient (Wildman–Crippen LogP) is 3.32. The number of aliphatic carboxylic acids is 1. The Labute approximate surface area is 184 Å². The minimum atomic E-state index is -0.927. The van der Waals surface area contributed by atoms with Crippen LogP contribution in [-0.4, -0.2) is 38.1 Å². The monoisotopic (exact) mass is 433 g/mol. The van der Waals surface area contributed by atoms with Crippen molar-refractivity contribution in [2.24, 2.45) is 10.7 Å². The van der Waals surface area contributed by atoms with E-state index in [1.165, 1.54) is 4.88 Å². The van der Waals surface area contributed by atoms with Gasteiger partial charge >= 0.3 is 5.97 Å². The summed E-state index contributed by atoms with van der Waals surface area (Å²) in [6.45, 7) is 6.57. The molecule has 8 heteroatoms. The van der Waals surface area contributed by atoms with E-state index in [1.807, 2.05) is 35.8 Å². The molecule has 3 N–H and O–H groups in total. The number of aryl methyl sites for hydroxylation is 2. The number of rotatable bonds is 4. The van der Waals surface area contributed by atoms with Gasteiger partial charge in [0.15, 0.2) is 5.82 Å². The van der Waals surface area contributed by atoms with Gasteiger partial charge in [-0.25, -0.2) is 0 Å². The summed E-state index contributed by atoms with van der Waals surface area (Å²) in [5.74, 6) is 6.50. The fraction of sp³-hybridized carbons (Fsp3) is 0.304. The highest BCUT2D eigenvalue weighted by Gasteiger charge is 2.32. The third kappa shape index (κ3) is 3.90. The number of fused-ring (bicyclic) bond motifs is 3. The molecule has 1 atom stereocenters. The lowest BCUT2D eigenvalue weighted by atomic mass is 9.98. The van der Waals surface area contributed by atoms with Crippen LogP contribution < -0.4 is 5.73 Å². The van der Waals surface area contributed by atoms with E-state index in [-0.39, 0.29) is 6.42 Å². The SMILES string of the molecule is Cc1sc2c(c1C)C(c1ccc(C#CCCN)cc1)=NC(CC(=O)O)c1nnc(C)n1-2. The zero-order valence-corrected chi connectivity index (χ0v) is 18.5. The highest BCUT2D eigenvalue weighted by Crippen LogP contribution is 2.39. The Morgan fingerprint density at radius 2 is 1.97 bits per heavy atom. The number of carboxylic acids is 1. The summed E-state index contributed by atoms with van der Waals surface area (Å²) in [6.07, 6.45) is 0.498. The number of carbonyl (C=O) groups is 1. The van der Waals surface area contributed by atoms with Gasteiger partial charge < -0.3 is 10.8 Å². The van der Waals surface area contributed by atoms with Gasteiger partial charge in [0.1, 0.15) is 16.9 Å². The van der Waals surface area contributed by atoms with Crippen LogP contribution in [0.3, 0.4) is 0 Å². The van der Waals surface area contributed by atoms with Crippen molar-refractivity contribution in [2.75, 3.05) is 6.54 Å². The third-order valence-electron chi connectivity index (χ3n) is 5.27. The summed E-state index contributed by atoms with van der Waals surface area (Å²) in [5, 5.41) is 19.0. The van der Waals surface area contributed by atoms with E-state index in [0.717, 1.165) is 38.8 Å². The van der Waals surface area contributed by atoms with Crippen molar-refractivity contribution in [1.82, 2.24) is 14.8 Å². The molecule has 1 aromatic carbocycles. The maximum absolute atomic E-state index is 11.6. The molecule has 1 aliphatic heterocycles. The Kier molecular flexibility index (Phi) is 5.72. The molecule has 7 nitrogen and oxygen atoms in total. The molecule has 0 amide bonds. The van der Waals surface area contributed by atoms with Crippen molar-refractivity contribution in [2.45, 2.75) is 39.7 Å². The first-order chi connectivity index (χ1) is 14.9. The molecule has 1 aliphatic rings. The third-order valence-corrected chi connectivity index (χ3v) is 6.46. The Bertz CT molecular complexity index is 1240. The molecule has 0 bridgehead atoms. The van der Waals surface area contributed by atoms with Crippen LogP contribution >= 0.6 is 11.3 Å². The summed E-state index contributed by atoms with van der Waals surface area (Å²) in [4.78, 5) is 17.7. The van der Waals surface area contributed by atoms with Gasteiger partial charge in [0.25, 0.3) is 0 Å². The van der Waals surface area contributed by atoms with Crippen molar-refractivity contribution in [1.29, 1.82) is 0 Å². The normalized spacial score (nSPS) is 14.7. The lowest BCUT2D eigenvalue weighted by Crippen LogP contribution is -2.10. The number of nitrogens with two attached hydrogens (primary N) is 1. The summed E-state index contributed by atoms with van der Waals surface area (Å²) < 4.78 is 1.96. The fourth-order valence-corrected chi connectivity index (χ4v) is 4.85. The lowest BCUT2D eigenvalue weighted by Gasteiger charge is -2.10. The van der Waals surface area contributed by atoms with Gasteiger partial charge in [-0.05, 0) is 38.5 Å². The molecule has 0 aliphatic carbocycles. The molecule has 0 spiro atoms. The van der Waals surface area contributed by atoms with Crippen LogP contribution in [0.2, 0.25) is 0 Å². The Morgan fingerprint density at radius 1 is 1.23 bits per heavy atom. The van der Waals surface area contributed by atoms with Gasteiger partial charge in [0.05, 0.1) is 12.1 Å². The molecule has 0 fully saturated rings. The summed E-state index contributed by atoms with van der Waals surface area (Å²) in [6, 6.07) is 7.25. The number of carboxylic acid groups (broad SMARTS) is 1. The van der Waals surface area contributed by atoms with E-state index in [0.29, 0.717) is 18.8 Å². The summed E-state index contributed by atoms with van der Waals surface area (Å²) in [7, 11) is 0. The smallest absolute Gasteiger partial charge is 0.306 e. The fourth-order valence-electron chi connectivity index (χ4n) is 3.64. The first kappa shape index (κ1) is 21.0. The van der Waals surface area contributed by atoms with Gasteiger partial charge in [0, 0.05) is 34.5 Å². The maximum Gasteiger partial charge on any atom is 0.306 e. The molecule has 3 aromatic rings. The van der Waals surface area contributed by atoms with Gasteiger partial charge in [0.2, 0.25) is 0 Å². The van der Waals surface area contributed by atoms with E-state index in [9.17, 15) is 9.90 Å². The minimum Gasteiger partial charge on any atom is -0.481 e. The quantitative estimate of drug-likeness (QED) is 0.614. The standard InChI is InChI=1S/C23H23N5O2S/c1-13-14(2)31-23-20(13)21(17-9-7-16(8-10-17)6-4-5-11-24)25-18(12-19(29)30)22-27-26-15(3)28(22)23/h7-10,18H,5,11-12,24H2,1-3H3,(H,29,30). The van der Waals surface area contributed by atoms with Gasteiger partial charge in [-0.15, -0.1) is 21.5 Å². The van der Waals surface area contributed by atoms with E-state index in [1.54, 1.807) is 11.3 Å². The van der Waals surface area contributed by atoms with Gasteiger partial charge in [-0.3, -0.25) is 14.4 Å². The van der Waals surface area contributed by atoms with Crippen LogP contribution in [0, 0.1) is 32.6 Å². The summed E-state index contributed by atoms with van der Waals surface area (Å²) in [5.41, 5.74) is 10.2. The van der Waals surface area contributed by atoms with Crippen molar-refractivity contribution in [3.63, 3.8) is 0 Å². The molecular weight excluding hydrogens is 410 g/mol. The number of hydrogen-bond acceptors (Lipinski definition) is 6. The first-order valence-electron chi connectivity index (χ1n) is 10.0. The second-order valence-electron chi connectivity index (χ2n) is 7.41. The van der Waals surface area contributed by atoms with Crippen LogP contribution in [-0.2, 0) is 4.79 Å². The number of aliphatic imine (C=N–C) groups is 1. The average Bonchev–Trinajstić information content (AvgIpc) is 3.21. The van der Waals surface area contributed by atoms with Gasteiger partial charge in [-0.1, -0.05) is 24.0 Å². The second-order valence-corrected chi connectivity index (χ2v) is 8.62. The number of aromatic nitrogens is 3. The number of nitrogens with zero attached hydrogens (tertiary/aromatic N) is 4. The molecule has 0 radical (unpaired) electrons. The highest BCUT2D eigenvalue weighted by atomic mass is 32.1. The lowest BCUT2D eigenvalue weighted by molar-refractivity contribution is -0.137. The molecule has 158 valence electrons. The van der Waals surface area contributed by atoms with E-state index >= 15 is 0 Å². The minimum absolute atomic E-state index is 0.156. The molecule has 2 aromatic heterocycles. The summed E-state index contributed by atoms with van der Waals surface area (Å²) >= 11 is 1.65. The molecular formula is C23H23N5O2S. The second kappa shape index (κ2) is 8.46.